The van der Waals surface area contributed by atoms with Gasteiger partial charge in [-0.05, 0) is 43.0 Å². The number of hydrogen-bond acceptors (Lipinski definition) is 4. The summed E-state index contributed by atoms with van der Waals surface area (Å²) in [6, 6.07) is 7.73. The largest absolute Gasteiger partial charge is 0.497 e. The van der Waals surface area contributed by atoms with E-state index in [0.29, 0.717) is 0 Å². The van der Waals surface area contributed by atoms with Gasteiger partial charge in [0.2, 0.25) is 0 Å². The fourth-order valence-electron chi connectivity index (χ4n) is 3.37. The van der Waals surface area contributed by atoms with Gasteiger partial charge in [0.15, 0.2) is 6.10 Å². The zero-order valence-electron chi connectivity index (χ0n) is 13.9. The summed E-state index contributed by atoms with van der Waals surface area (Å²) in [5.74, 6) is 1.64. The molecule has 126 valence electrons. The normalized spacial score (nSPS) is 24.3. The van der Waals surface area contributed by atoms with Crippen LogP contribution < -0.4 is 9.64 Å². The zero-order valence-corrected chi connectivity index (χ0v) is 13.9. The minimum atomic E-state index is -0.378. The number of benzene rings is 1. The molecule has 1 aliphatic heterocycles. The zero-order chi connectivity index (χ0) is 16.2. The molecular weight excluding hydrogens is 294 g/mol. The van der Waals surface area contributed by atoms with E-state index >= 15 is 0 Å². The van der Waals surface area contributed by atoms with Gasteiger partial charge in [-0.1, -0.05) is 19.3 Å². The van der Waals surface area contributed by atoms with Crippen LogP contribution in [0.2, 0.25) is 0 Å². The van der Waals surface area contributed by atoms with E-state index in [9.17, 15) is 4.79 Å². The molecular formula is C18H25NO4. The fourth-order valence-corrected chi connectivity index (χ4v) is 3.37. The van der Waals surface area contributed by atoms with Crippen molar-refractivity contribution in [2.75, 3.05) is 25.9 Å². The average Bonchev–Trinajstić information content (AvgIpc) is 2.53. The topological polar surface area (TPSA) is 48.0 Å². The molecule has 1 saturated carbocycles. The molecule has 1 aromatic rings. The van der Waals surface area contributed by atoms with E-state index < -0.39 is 0 Å². The third-order valence-corrected chi connectivity index (χ3v) is 4.97. The van der Waals surface area contributed by atoms with Crippen LogP contribution in [0.4, 0.5) is 5.69 Å². The Morgan fingerprint density at radius 1 is 1.13 bits per heavy atom. The van der Waals surface area contributed by atoms with Crippen LogP contribution in [-0.4, -0.2) is 39.1 Å². The highest BCUT2D eigenvalue weighted by Gasteiger charge is 2.48. The van der Waals surface area contributed by atoms with Crippen molar-refractivity contribution in [3.05, 3.63) is 24.3 Å². The molecule has 5 heteroatoms. The lowest BCUT2D eigenvalue weighted by atomic mass is 9.79. The van der Waals surface area contributed by atoms with Crippen molar-refractivity contribution in [3.63, 3.8) is 0 Å². The second-order valence-electron chi connectivity index (χ2n) is 6.34. The number of hydrogen-bond donors (Lipinski definition) is 0. The Kier molecular flexibility index (Phi) is 5.18. The summed E-state index contributed by atoms with van der Waals surface area (Å²) in [6.45, 7) is 0.160. The van der Waals surface area contributed by atoms with Gasteiger partial charge in [-0.2, -0.15) is 0 Å². The van der Waals surface area contributed by atoms with E-state index in [2.05, 4.69) is 0 Å². The van der Waals surface area contributed by atoms with Crippen molar-refractivity contribution in [1.29, 1.82) is 0 Å². The third kappa shape index (κ3) is 3.35. The number of methoxy groups -OCH3 is 2. The number of β-lactam (4-membered cyclic amide) rings is 1. The Morgan fingerprint density at radius 3 is 2.43 bits per heavy atom. The minimum Gasteiger partial charge on any atom is -0.497 e. The lowest BCUT2D eigenvalue weighted by molar-refractivity contribution is -0.154. The van der Waals surface area contributed by atoms with E-state index in [1.807, 2.05) is 29.2 Å². The minimum absolute atomic E-state index is 0.0193. The quantitative estimate of drug-likeness (QED) is 0.546. The van der Waals surface area contributed by atoms with Gasteiger partial charge >= 0.3 is 0 Å². The monoisotopic (exact) mass is 319 g/mol. The van der Waals surface area contributed by atoms with Crippen LogP contribution >= 0.6 is 0 Å². The molecule has 2 fully saturated rings. The summed E-state index contributed by atoms with van der Waals surface area (Å²) >= 11 is 0. The molecule has 2 unspecified atom stereocenters. The number of carbonyl (C=O) groups excluding carboxylic acids is 1. The maximum absolute atomic E-state index is 12.5. The highest BCUT2D eigenvalue weighted by molar-refractivity contribution is 6.04. The molecule has 0 bridgehead atoms. The Hall–Kier alpha value is -1.59. The van der Waals surface area contributed by atoms with Crippen LogP contribution in [0, 0.1) is 5.92 Å². The highest BCUT2D eigenvalue weighted by Crippen LogP contribution is 2.37. The van der Waals surface area contributed by atoms with Gasteiger partial charge in [-0.3, -0.25) is 4.79 Å². The van der Waals surface area contributed by atoms with Crippen LogP contribution in [0.1, 0.15) is 32.1 Å². The van der Waals surface area contributed by atoms with Crippen molar-refractivity contribution < 1.29 is 19.0 Å². The van der Waals surface area contributed by atoms with Gasteiger partial charge in [0, 0.05) is 12.8 Å². The fraction of sp³-hybridized carbons (Fsp3) is 0.611. The summed E-state index contributed by atoms with van der Waals surface area (Å²) in [6.07, 6.45) is 5.77. The first-order valence-corrected chi connectivity index (χ1v) is 8.32. The van der Waals surface area contributed by atoms with Gasteiger partial charge in [0.1, 0.15) is 12.5 Å². The van der Waals surface area contributed by atoms with E-state index in [1.165, 1.54) is 19.3 Å². The first-order valence-electron chi connectivity index (χ1n) is 8.32. The Morgan fingerprint density at radius 2 is 1.87 bits per heavy atom. The molecule has 3 rings (SSSR count). The molecule has 1 saturated heterocycles. The van der Waals surface area contributed by atoms with Gasteiger partial charge in [-0.15, -0.1) is 0 Å². The standard InChI is InChI=1S/C18H25NO4/c1-21-12-23-17-16(11-6-13-4-3-5-13)19(18(17)20)14-7-9-15(22-2)10-8-14/h7-10,13,16-17H,3-6,11-12H2,1-2H3. The summed E-state index contributed by atoms with van der Waals surface area (Å²) in [4.78, 5) is 14.3. The maximum Gasteiger partial charge on any atom is 0.258 e. The van der Waals surface area contributed by atoms with Crippen molar-refractivity contribution in [1.82, 2.24) is 0 Å². The number of nitrogens with zero attached hydrogens (tertiary/aromatic N) is 1. The van der Waals surface area contributed by atoms with Crippen LogP contribution in [0.25, 0.3) is 0 Å². The predicted molar refractivity (Wildman–Crippen MR) is 87.6 cm³/mol. The molecule has 0 N–H and O–H groups in total. The molecule has 1 aliphatic carbocycles. The SMILES string of the molecule is COCOC1C(=O)N(c2ccc(OC)cc2)C1CCC1CCC1. The van der Waals surface area contributed by atoms with Crippen molar-refractivity contribution >= 4 is 11.6 Å². The third-order valence-electron chi connectivity index (χ3n) is 4.97. The van der Waals surface area contributed by atoms with Crippen LogP contribution in [-0.2, 0) is 14.3 Å². The van der Waals surface area contributed by atoms with Crippen LogP contribution in [0.5, 0.6) is 5.75 Å². The molecule has 23 heavy (non-hydrogen) atoms. The number of ether oxygens (including phenoxy) is 3. The smallest absolute Gasteiger partial charge is 0.258 e. The van der Waals surface area contributed by atoms with Gasteiger partial charge in [0.25, 0.3) is 5.91 Å². The molecule has 1 aromatic carbocycles. The van der Waals surface area contributed by atoms with Crippen molar-refractivity contribution in [2.45, 2.75) is 44.2 Å². The van der Waals surface area contributed by atoms with Crippen molar-refractivity contribution in [2.24, 2.45) is 5.92 Å². The molecule has 0 radical (unpaired) electrons. The Balaban J connectivity index is 1.68. The number of amides is 1. The van der Waals surface area contributed by atoms with E-state index in [-0.39, 0.29) is 24.8 Å². The van der Waals surface area contributed by atoms with E-state index in [1.54, 1.807) is 14.2 Å². The Labute approximate surface area is 137 Å². The first kappa shape index (κ1) is 16.3. The maximum atomic E-state index is 12.5. The summed E-state index contributed by atoms with van der Waals surface area (Å²) in [7, 11) is 3.22. The Bertz CT molecular complexity index is 526. The second-order valence-corrected chi connectivity index (χ2v) is 6.34. The predicted octanol–water partition coefficient (Wildman–Crippen LogP) is 2.98. The number of carbonyl (C=O) groups is 1. The molecule has 1 heterocycles. The van der Waals surface area contributed by atoms with Gasteiger partial charge in [0.05, 0.1) is 13.2 Å². The highest BCUT2D eigenvalue weighted by atomic mass is 16.7. The van der Waals surface area contributed by atoms with E-state index in [4.69, 9.17) is 14.2 Å². The summed E-state index contributed by atoms with van der Waals surface area (Å²) in [5, 5.41) is 0. The molecule has 0 spiro atoms. The molecule has 0 aromatic heterocycles. The van der Waals surface area contributed by atoms with Gasteiger partial charge in [-0.25, -0.2) is 0 Å². The number of rotatable bonds is 8. The molecule has 2 atom stereocenters. The number of anilines is 1. The molecule has 5 nitrogen and oxygen atoms in total. The molecule has 2 aliphatic rings. The van der Waals surface area contributed by atoms with Crippen LogP contribution in [0.3, 0.4) is 0 Å². The van der Waals surface area contributed by atoms with Crippen LogP contribution in [0.15, 0.2) is 24.3 Å². The molecule has 1 amide bonds. The van der Waals surface area contributed by atoms with Crippen molar-refractivity contribution in [3.8, 4) is 5.75 Å². The van der Waals surface area contributed by atoms with Gasteiger partial charge < -0.3 is 19.1 Å². The first-order chi connectivity index (χ1) is 11.2. The lowest BCUT2D eigenvalue weighted by Gasteiger charge is -2.47. The second kappa shape index (κ2) is 7.32. The summed E-state index contributed by atoms with van der Waals surface area (Å²) < 4.78 is 15.7. The summed E-state index contributed by atoms with van der Waals surface area (Å²) in [5.41, 5.74) is 0.909. The lowest BCUT2D eigenvalue weighted by Crippen LogP contribution is -2.66. The average molecular weight is 319 g/mol. The van der Waals surface area contributed by atoms with E-state index in [0.717, 1.165) is 30.2 Å².